The second-order valence-corrected chi connectivity index (χ2v) is 9.02. The SMILES string of the molecule is CN(c1ncccc1CNc1nc(Nc2ccc(CO)cc2)ncc1C(F)(F)F)S(C)(=O)=O. The van der Waals surface area contributed by atoms with Crippen LogP contribution in [-0.2, 0) is 29.4 Å². The van der Waals surface area contributed by atoms with Crippen LogP contribution < -0.4 is 14.9 Å². The van der Waals surface area contributed by atoms with Gasteiger partial charge in [0.15, 0.2) is 0 Å². The molecule has 0 saturated heterocycles. The Labute approximate surface area is 188 Å². The third kappa shape index (κ3) is 6.08. The minimum Gasteiger partial charge on any atom is -0.392 e. The highest BCUT2D eigenvalue weighted by molar-refractivity contribution is 7.92. The van der Waals surface area contributed by atoms with Gasteiger partial charge in [-0.2, -0.15) is 18.2 Å². The summed E-state index contributed by atoms with van der Waals surface area (Å²) in [7, 11) is -2.32. The standard InChI is InChI=1S/C20H21F3N6O3S/c1-29(33(2,31)32)18-14(4-3-9-24-18)10-25-17-16(20(21,22)23)11-26-19(28-17)27-15-7-5-13(12-30)6-8-15/h3-9,11,30H,10,12H2,1-2H3,(H2,25,26,27,28). The molecule has 2 aromatic heterocycles. The first kappa shape index (κ1) is 24.2. The maximum atomic E-state index is 13.5. The number of aromatic nitrogens is 3. The molecule has 3 rings (SSSR count). The zero-order chi connectivity index (χ0) is 24.2. The van der Waals surface area contributed by atoms with Gasteiger partial charge in [0.1, 0.15) is 17.2 Å². The second-order valence-electron chi connectivity index (χ2n) is 7.00. The van der Waals surface area contributed by atoms with Crippen LogP contribution in [0.25, 0.3) is 0 Å². The van der Waals surface area contributed by atoms with Gasteiger partial charge in [0.25, 0.3) is 0 Å². The number of sulfonamides is 1. The van der Waals surface area contributed by atoms with E-state index in [1.165, 1.54) is 13.2 Å². The quantitative estimate of drug-likeness (QED) is 0.448. The number of pyridine rings is 1. The van der Waals surface area contributed by atoms with Crippen LogP contribution in [-0.4, -0.2) is 41.8 Å². The van der Waals surface area contributed by atoms with Crippen LogP contribution in [0, 0.1) is 0 Å². The zero-order valence-corrected chi connectivity index (χ0v) is 18.4. The lowest BCUT2D eigenvalue weighted by atomic mass is 10.2. The van der Waals surface area contributed by atoms with E-state index in [0.717, 1.165) is 10.6 Å². The second kappa shape index (κ2) is 9.58. The minimum absolute atomic E-state index is 0.0810. The largest absolute Gasteiger partial charge is 0.421 e. The van der Waals surface area contributed by atoms with Gasteiger partial charge < -0.3 is 15.7 Å². The molecule has 0 saturated carbocycles. The molecule has 1 aromatic carbocycles. The van der Waals surface area contributed by atoms with Gasteiger partial charge in [-0.1, -0.05) is 18.2 Å². The Morgan fingerprint density at radius 1 is 1.12 bits per heavy atom. The average Bonchev–Trinajstić information content (AvgIpc) is 2.76. The Hall–Kier alpha value is -3.45. The lowest BCUT2D eigenvalue weighted by molar-refractivity contribution is -0.137. The predicted molar refractivity (Wildman–Crippen MR) is 117 cm³/mol. The Kier molecular flexibility index (Phi) is 7.03. The monoisotopic (exact) mass is 482 g/mol. The van der Waals surface area contributed by atoms with Gasteiger partial charge in [-0.25, -0.2) is 18.4 Å². The number of nitrogens with one attached hydrogen (secondary N) is 2. The summed E-state index contributed by atoms with van der Waals surface area (Å²) in [5.74, 6) is -0.483. The van der Waals surface area contributed by atoms with E-state index >= 15 is 0 Å². The van der Waals surface area contributed by atoms with Gasteiger partial charge in [-0.3, -0.25) is 4.31 Å². The van der Waals surface area contributed by atoms with Gasteiger partial charge in [0.2, 0.25) is 16.0 Å². The molecule has 0 atom stereocenters. The topological polar surface area (TPSA) is 120 Å². The summed E-state index contributed by atoms with van der Waals surface area (Å²) in [6, 6.07) is 9.64. The van der Waals surface area contributed by atoms with Gasteiger partial charge in [-0.15, -0.1) is 0 Å². The molecule has 176 valence electrons. The number of rotatable bonds is 8. The molecule has 0 amide bonds. The van der Waals surface area contributed by atoms with E-state index in [9.17, 15) is 21.6 Å². The number of aliphatic hydroxyl groups is 1. The van der Waals surface area contributed by atoms with E-state index in [1.54, 1.807) is 36.4 Å². The Morgan fingerprint density at radius 3 is 2.42 bits per heavy atom. The van der Waals surface area contributed by atoms with Crippen molar-refractivity contribution in [3.05, 3.63) is 65.5 Å². The van der Waals surface area contributed by atoms with Crippen molar-refractivity contribution in [2.75, 3.05) is 28.2 Å². The lowest BCUT2D eigenvalue weighted by Crippen LogP contribution is -2.27. The first-order valence-corrected chi connectivity index (χ1v) is 11.4. The number of hydrogen-bond acceptors (Lipinski definition) is 8. The lowest BCUT2D eigenvalue weighted by Gasteiger charge is -2.20. The maximum absolute atomic E-state index is 13.5. The van der Waals surface area contributed by atoms with Gasteiger partial charge in [-0.05, 0) is 23.8 Å². The molecule has 33 heavy (non-hydrogen) atoms. The van der Waals surface area contributed by atoms with Crippen LogP contribution in [0.4, 0.5) is 36.4 Å². The third-order valence-electron chi connectivity index (χ3n) is 4.60. The number of anilines is 4. The van der Waals surface area contributed by atoms with Crippen molar-refractivity contribution < 1.29 is 26.7 Å². The number of benzene rings is 1. The van der Waals surface area contributed by atoms with Crippen molar-refractivity contribution in [2.24, 2.45) is 0 Å². The fourth-order valence-electron chi connectivity index (χ4n) is 2.79. The van der Waals surface area contributed by atoms with Crippen LogP contribution in [0.1, 0.15) is 16.7 Å². The van der Waals surface area contributed by atoms with Crippen molar-refractivity contribution in [3.63, 3.8) is 0 Å². The number of halogens is 3. The third-order valence-corrected chi connectivity index (χ3v) is 5.76. The van der Waals surface area contributed by atoms with Crippen LogP contribution in [0.15, 0.2) is 48.8 Å². The molecule has 9 nitrogen and oxygen atoms in total. The molecule has 0 aliphatic rings. The summed E-state index contributed by atoms with van der Waals surface area (Å²) < 4.78 is 65.2. The van der Waals surface area contributed by atoms with Gasteiger partial charge in [0, 0.05) is 37.2 Å². The van der Waals surface area contributed by atoms with Crippen molar-refractivity contribution in [1.82, 2.24) is 15.0 Å². The summed E-state index contributed by atoms with van der Waals surface area (Å²) in [6.07, 6.45) is -1.68. The summed E-state index contributed by atoms with van der Waals surface area (Å²) >= 11 is 0. The first-order chi connectivity index (χ1) is 15.5. The molecule has 0 aliphatic heterocycles. The van der Waals surface area contributed by atoms with E-state index in [1.807, 2.05) is 0 Å². The minimum atomic E-state index is -4.72. The highest BCUT2D eigenvalue weighted by atomic mass is 32.2. The van der Waals surface area contributed by atoms with Crippen LogP contribution >= 0.6 is 0 Å². The van der Waals surface area contributed by atoms with Crippen molar-refractivity contribution in [2.45, 2.75) is 19.3 Å². The summed E-state index contributed by atoms with van der Waals surface area (Å²) in [6.45, 7) is -0.316. The number of aliphatic hydroxyl groups excluding tert-OH is 1. The molecule has 0 bridgehead atoms. The van der Waals surface area contributed by atoms with E-state index in [2.05, 4.69) is 25.6 Å². The molecule has 0 unspecified atom stereocenters. The molecule has 0 fully saturated rings. The number of alkyl halides is 3. The Balaban J connectivity index is 1.89. The van der Waals surface area contributed by atoms with E-state index in [4.69, 9.17) is 5.11 Å². The summed E-state index contributed by atoms with van der Waals surface area (Å²) in [5.41, 5.74) is 0.460. The molecular weight excluding hydrogens is 461 g/mol. The summed E-state index contributed by atoms with van der Waals surface area (Å²) in [4.78, 5) is 11.7. The van der Waals surface area contributed by atoms with Crippen LogP contribution in [0.2, 0.25) is 0 Å². The molecule has 3 aromatic rings. The molecule has 0 aliphatic carbocycles. The number of hydrogen-bond donors (Lipinski definition) is 3. The Bertz CT molecular complexity index is 1220. The van der Waals surface area contributed by atoms with Crippen molar-refractivity contribution >= 4 is 33.3 Å². The highest BCUT2D eigenvalue weighted by Gasteiger charge is 2.35. The van der Waals surface area contributed by atoms with Gasteiger partial charge >= 0.3 is 6.18 Å². The highest BCUT2D eigenvalue weighted by Crippen LogP contribution is 2.34. The van der Waals surface area contributed by atoms with E-state index in [0.29, 0.717) is 23.0 Å². The zero-order valence-electron chi connectivity index (χ0n) is 17.6. The smallest absolute Gasteiger partial charge is 0.392 e. The van der Waals surface area contributed by atoms with Crippen LogP contribution in [0.3, 0.4) is 0 Å². The van der Waals surface area contributed by atoms with Gasteiger partial charge in [0.05, 0.1) is 12.9 Å². The average molecular weight is 482 g/mol. The fraction of sp³-hybridized carbons (Fsp3) is 0.250. The molecule has 0 radical (unpaired) electrons. The van der Waals surface area contributed by atoms with Crippen molar-refractivity contribution in [1.29, 1.82) is 0 Å². The van der Waals surface area contributed by atoms with E-state index < -0.39 is 27.6 Å². The fourth-order valence-corrected chi connectivity index (χ4v) is 3.27. The molecule has 0 spiro atoms. The molecule has 2 heterocycles. The van der Waals surface area contributed by atoms with Crippen molar-refractivity contribution in [3.8, 4) is 0 Å². The Morgan fingerprint density at radius 2 is 1.82 bits per heavy atom. The number of nitrogens with zero attached hydrogens (tertiary/aromatic N) is 4. The summed E-state index contributed by atoms with van der Waals surface area (Å²) in [5, 5.41) is 14.5. The normalized spacial score (nSPS) is 11.8. The maximum Gasteiger partial charge on any atom is 0.421 e. The van der Waals surface area contributed by atoms with E-state index in [-0.39, 0.29) is 24.9 Å². The molecule has 3 N–H and O–H groups in total. The predicted octanol–water partition coefficient (Wildman–Crippen LogP) is 3.13. The van der Waals surface area contributed by atoms with Crippen LogP contribution in [0.5, 0.6) is 0 Å². The molecular formula is C20H21F3N6O3S. The molecule has 13 heteroatoms. The first-order valence-electron chi connectivity index (χ1n) is 9.52.